The summed E-state index contributed by atoms with van der Waals surface area (Å²) in [6, 6.07) is 0. The first-order valence-electron chi connectivity index (χ1n) is 21.5. The molecule has 0 aromatic carbocycles. The van der Waals surface area contributed by atoms with Gasteiger partial charge in [0.25, 0.3) is 5.97 Å². The molecule has 0 aliphatic carbocycles. The van der Waals surface area contributed by atoms with Gasteiger partial charge in [-0.15, -0.1) is 0 Å². The van der Waals surface area contributed by atoms with Crippen LogP contribution in [-0.4, -0.2) is 50.8 Å². The molecule has 1 aliphatic rings. The maximum atomic E-state index is 6.48. The van der Waals surface area contributed by atoms with E-state index in [2.05, 4.69) is 76.3 Å². The molecule has 1 saturated heterocycles. The van der Waals surface area contributed by atoms with E-state index in [1.807, 2.05) is 33.0 Å². The van der Waals surface area contributed by atoms with Gasteiger partial charge in [-0.25, -0.2) is 0 Å². The Balaban J connectivity index is 0.00000567. The van der Waals surface area contributed by atoms with Gasteiger partial charge in [-0.2, -0.15) is 0 Å². The second-order valence-electron chi connectivity index (χ2n) is 15.4. The molecule has 1 fully saturated rings. The Hall–Kier alpha value is -1.20. The largest absolute Gasteiger partial charge is 0.327 e. The van der Waals surface area contributed by atoms with Gasteiger partial charge in [0.2, 0.25) is 0 Å². The van der Waals surface area contributed by atoms with Crippen molar-refractivity contribution in [2.75, 3.05) is 27.7 Å². The van der Waals surface area contributed by atoms with Crippen LogP contribution in [0.3, 0.4) is 0 Å². The predicted molar refractivity (Wildman–Crippen MR) is 222 cm³/mol. The lowest BCUT2D eigenvalue weighted by molar-refractivity contribution is -0.333. The van der Waals surface area contributed by atoms with Crippen molar-refractivity contribution in [1.82, 2.24) is 4.90 Å². The maximum Gasteiger partial charge on any atom is 0.280 e. The van der Waals surface area contributed by atoms with Crippen LogP contribution in [0, 0.1) is 5.92 Å². The van der Waals surface area contributed by atoms with Crippen LogP contribution < -0.4 is 0 Å². The van der Waals surface area contributed by atoms with Gasteiger partial charge in [-0.05, 0) is 104 Å². The molecule has 0 spiro atoms. The third kappa shape index (κ3) is 32.7. The molecule has 1 rings (SSSR count). The summed E-state index contributed by atoms with van der Waals surface area (Å²) in [5.74, 6) is -0.363. The van der Waals surface area contributed by atoms with Crippen molar-refractivity contribution in [1.29, 1.82) is 0 Å². The summed E-state index contributed by atoms with van der Waals surface area (Å²) >= 11 is 0. The highest BCUT2D eigenvalue weighted by atomic mass is 16.9. The molecule has 3 unspecified atom stereocenters. The number of unbranched alkanes of at least 4 members (excludes halogenated alkanes) is 16. The fraction of sp³-hybridized carbons (Fsp3) is 0.826. The van der Waals surface area contributed by atoms with Gasteiger partial charge in [-0.1, -0.05) is 160 Å². The molecule has 4 heteroatoms. The Morgan fingerprint density at radius 1 is 0.540 bits per heavy atom. The van der Waals surface area contributed by atoms with Crippen LogP contribution in [0.5, 0.6) is 0 Å². The Morgan fingerprint density at radius 3 is 1.24 bits per heavy atom. The Morgan fingerprint density at radius 2 is 0.880 bits per heavy atom. The quantitative estimate of drug-likeness (QED) is 0.0516. The van der Waals surface area contributed by atoms with E-state index in [1.165, 1.54) is 128 Å². The number of nitrogens with zero attached hydrogens (tertiary/aromatic N) is 1. The molecule has 1 heterocycles. The van der Waals surface area contributed by atoms with Gasteiger partial charge < -0.3 is 19.1 Å². The minimum atomic E-state index is -0.882. The number of allylic oxidation sites excluding steroid dienone is 8. The molecule has 1 aliphatic heterocycles. The van der Waals surface area contributed by atoms with Crippen LogP contribution in [0.1, 0.15) is 195 Å². The molecule has 0 N–H and O–H groups in total. The number of rotatable bonds is 32. The van der Waals surface area contributed by atoms with Gasteiger partial charge in [0.1, 0.15) is 0 Å². The first-order chi connectivity index (χ1) is 24.3. The van der Waals surface area contributed by atoms with E-state index in [1.54, 1.807) is 0 Å². The molecular weight excluding hydrogens is 615 g/mol. The van der Waals surface area contributed by atoms with Crippen molar-refractivity contribution in [3.63, 3.8) is 0 Å². The van der Waals surface area contributed by atoms with Crippen molar-refractivity contribution >= 4 is 0 Å². The number of hydrogen-bond acceptors (Lipinski definition) is 4. The molecule has 4 nitrogen and oxygen atoms in total. The highest BCUT2D eigenvalue weighted by molar-refractivity contribution is 4.93. The summed E-state index contributed by atoms with van der Waals surface area (Å²) in [6.07, 6.45) is 50.3. The molecule has 3 atom stereocenters. The summed E-state index contributed by atoms with van der Waals surface area (Å²) in [4.78, 5) is 2.00. The van der Waals surface area contributed by atoms with Gasteiger partial charge in [-0.3, -0.25) is 0 Å². The molecule has 0 radical (unpaired) electrons. The number of ether oxygens (including phenoxy) is 3. The van der Waals surface area contributed by atoms with Crippen molar-refractivity contribution in [3.05, 3.63) is 48.6 Å². The second-order valence-corrected chi connectivity index (χ2v) is 15.4. The van der Waals surface area contributed by atoms with Crippen LogP contribution in [0.4, 0.5) is 0 Å². The van der Waals surface area contributed by atoms with Crippen LogP contribution >= 0.6 is 0 Å². The van der Waals surface area contributed by atoms with E-state index in [0.29, 0.717) is 12.5 Å². The topological polar surface area (TPSA) is 30.9 Å². The van der Waals surface area contributed by atoms with Crippen LogP contribution in [0.25, 0.3) is 0 Å². The normalized spacial score (nSPS) is 20.3. The summed E-state index contributed by atoms with van der Waals surface area (Å²) in [7, 11) is 6.00. The lowest BCUT2D eigenvalue weighted by atomic mass is 9.99. The predicted octanol–water partition coefficient (Wildman–Crippen LogP) is 14.3. The summed E-state index contributed by atoms with van der Waals surface area (Å²) in [5, 5.41) is 0. The first-order valence-corrected chi connectivity index (χ1v) is 21.5. The van der Waals surface area contributed by atoms with Crippen molar-refractivity contribution < 1.29 is 14.2 Å². The molecule has 0 amide bonds. The van der Waals surface area contributed by atoms with Crippen molar-refractivity contribution in [3.8, 4) is 0 Å². The van der Waals surface area contributed by atoms with E-state index >= 15 is 0 Å². The van der Waals surface area contributed by atoms with Crippen LogP contribution in [0.2, 0.25) is 0 Å². The van der Waals surface area contributed by atoms with Gasteiger partial charge in [0.15, 0.2) is 0 Å². The molecule has 0 saturated carbocycles. The average molecular weight is 702 g/mol. The SMILES string of the molecule is CCCCC/C=C\C/C=C\CCCCCCCC1OC(C)(OCC(C)CC)OC1CCCCCCC/C=C\C/C=C\CCCCC.CN(C)C. The highest BCUT2D eigenvalue weighted by Crippen LogP contribution is 2.35. The molecule has 50 heavy (non-hydrogen) atoms. The van der Waals surface area contributed by atoms with E-state index < -0.39 is 5.97 Å². The molecule has 294 valence electrons. The van der Waals surface area contributed by atoms with E-state index in [4.69, 9.17) is 14.2 Å². The summed E-state index contributed by atoms with van der Waals surface area (Å²) < 4.78 is 19.2. The summed E-state index contributed by atoms with van der Waals surface area (Å²) in [5.41, 5.74) is 0. The molecular formula is C46H87NO3. The molecule has 0 aromatic heterocycles. The minimum Gasteiger partial charge on any atom is -0.327 e. The van der Waals surface area contributed by atoms with E-state index in [9.17, 15) is 0 Å². The van der Waals surface area contributed by atoms with Crippen molar-refractivity contribution in [2.24, 2.45) is 5.92 Å². The maximum absolute atomic E-state index is 6.48. The highest BCUT2D eigenvalue weighted by Gasteiger charge is 2.44. The molecule has 0 bridgehead atoms. The van der Waals surface area contributed by atoms with Gasteiger partial charge in [0, 0.05) is 6.92 Å². The third-order valence-corrected chi connectivity index (χ3v) is 9.35. The van der Waals surface area contributed by atoms with Gasteiger partial charge >= 0.3 is 0 Å². The fourth-order valence-corrected chi connectivity index (χ4v) is 6.01. The summed E-state index contributed by atoms with van der Waals surface area (Å²) in [6.45, 7) is 11.7. The average Bonchev–Trinajstić information content (AvgIpc) is 3.41. The smallest absolute Gasteiger partial charge is 0.280 e. The van der Waals surface area contributed by atoms with Crippen LogP contribution in [0.15, 0.2) is 48.6 Å². The number of hydrogen-bond donors (Lipinski definition) is 0. The van der Waals surface area contributed by atoms with Crippen molar-refractivity contribution in [2.45, 2.75) is 213 Å². The minimum absolute atomic E-state index is 0.158. The Labute approximate surface area is 314 Å². The first kappa shape index (κ1) is 48.8. The third-order valence-electron chi connectivity index (χ3n) is 9.35. The lowest BCUT2D eigenvalue weighted by Crippen LogP contribution is -2.32. The zero-order valence-electron chi connectivity index (χ0n) is 34.9. The zero-order valence-corrected chi connectivity index (χ0v) is 34.9. The standard InChI is InChI=1S/C43H78O3.C3H9N/c1-6-9-11-13-15-17-19-21-23-25-27-29-31-33-35-37-41-42(46-43(5,45-41)44-39-40(4)8-3)38-36-34-32-30-28-26-24-22-20-18-16-14-12-10-7-2;1-4(2)3/h15-18,21-24,40-42H,6-14,19-20,25-39H2,1-5H3;1-3H3/b17-15-,18-16-,23-21-,24-22-;. The zero-order chi connectivity index (χ0) is 37.0. The Kier molecular flexibility index (Phi) is 35.3. The van der Waals surface area contributed by atoms with Crippen LogP contribution in [-0.2, 0) is 14.2 Å². The van der Waals surface area contributed by atoms with Gasteiger partial charge in [0.05, 0.1) is 18.8 Å². The lowest BCUT2D eigenvalue weighted by Gasteiger charge is -2.25. The monoisotopic (exact) mass is 702 g/mol. The fourth-order valence-electron chi connectivity index (χ4n) is 6.01. The van der Waals surface area contributed by atoms with E-state index in [-0.39, 0.29) is 12.2 Å². The Bertz CT molecular complexity index is 759. The second kappa shape index (κ2) is 36.2. The van der Waals surface area contributed by atoms with E-state index in [0.717, 1.165) is 32.1 Å². The molecule has 0 aromatic rings.